The number of ether oxygens (including phenoxy) is 4. The van der Waals surface area contributed by atoms with Gasteiger partial charge >= 0.3 is 11.9 Å². The minimum absolute atomic E-state index is 0.122. The summed E-state index contributed by atoms with van der Waals surface area (Å²) in [6, 6.07) is 9.78. The SMILES string of the molecule is CCCCC[C@H](OC(=O)[C@H](C)NC(=O)c1nccc(OC)c1OC(C)=O)[C@@H](C)Oc1ccccc1. The number of carbonyl (C=O) groups is 3. The van der Waals surface area contributed by atoms with Gasteiger partial charge in [-0.25, -0.2) is 9.78 Å². The maximum Gasteiger partial charge on any atom is 0.328 e. The lowest BCUT2D eigenvalue weighted by Gasteiger charge is -2.26. The van der Waals surface area contributed by atoms with E-state index in [2.05, 4.69) is 17.2 Å². The van der Waals surface area contributed by atoms with Crippen LogP contribution in [0.15, 0.2) is 42.6 Å². The Labute approximate surface area is 206 Å². The van der Waals surface area contributed by atoms with Gasteiger partial charge in [0.05, 0.1) is 7.11 Å². The van der Waals surface area contributed by atoms with Gasteiger partial charge in [0.1, 0.15) is 24.0 Å². The molecule has 0 bridgehead atoms. The first-order valence-corrected chi connectivity index (χ1v) is 11.7. The van der Waals surface area contributed by atoms with Gasteiger partial charge in [0.25, 0.3) is 5.91 Å². The topological polar surface area (TPSA) is 113 Å². The molecule has 1 aromatic heterocycles. The third kappa shape index (κ3) is 8.59. The van der Waals surface area contributed by atoms with Crippen LogP contribution >= 0.6 is 0 Å². The number of rotatable bonds is 13. The molecule has 2 rings (SSSR count). The third-order valence-corrected chi connectivity index (χ3v) is 5.20. The van der Waals surface area contributed by atoms with Crippen molar-refractivity contribution in [3.63, 3.8) is 0 Å². The molecule has 9 heteroatoms. The molecule has 9 nitrogen and oxygen atoms in total. The standard InChI is InChI=1S/C26H34N2O7/c1-6-7-9-14-21(18(3)33-20-12-10-8-11-13-20)35-26(31)17(2)28-25(30)23-24(34-19(4)29)22(32-5)15-16-27-23/h8,10-13,15-18,21H,6-7,9,14H2,1-5H3,(H,28,30)/t17-,18+,21-/m0/s1. The Bertz CT molecular complexity index is 981. The van der Waals surface area contributed by atoms with Crippen molar-refractivity contribution in [3.05, 3.63) is 48.3 Å². The summed E-state index contributed by atoms with van der Waals surface area (Å²) >= 11 is 0. The van der Waals surface area contributed by atoms with Crippen molar-refractivity contribution in [2.45, 2.75) is 71.6 Å². The lowest BCUT2D eigenvalue weighted by atomic mass is 10.1. The Balaban J connectivity index is 2.10. The Morgan fingerprint density at radius 2 is 1.77 bits per heavy atom. The first-order chi connectivity index (χ1) is 16.8. The van der Waals surface area contributed by atoms with Gasteiger partial charge in [0.15, 0.2) is 11.4 Å². The highest BCUT2D eigenvalue weighted by molar-refractivity contribution is 5.98. The van der Waals surface area contributed by atoms with Crippen LogP contribution in [0.1, 0.15) is 63.9 Å². The van der Waals surface area contributed by atoms with Crippen molar-refractivity contribution in [1.29, 1.82) is 0 Å². The molecule has 1 heterocycles. The number of pyridine rings is 1. The van der Waals surface area contributed by atoms with Crippen LogP contribution in [-0.4, -0.2) is 48.2 Å². The largest absolute Gasteiger partial charge is 0.493 e. The van der Waals surface area contributed by atoms with Crippen molar-refractivity contribution in [1.82, 2.24) is 10.3 Å². The van der Waals surface area contributed by atoms with Gasteiger partial charge < -0.3 is 24.3 Å². The number of esters is 2. The number of amides is 1. The molecular weight excluding hydrogens is 452 g/mol. The zero-order valence-electron chi connectivity index (χ0n) is 20.9. The van der Waals surface area contributed by atoms with Crippen molar-refractivity contribution < 1.29 is 33.3 Å². The fraction of sp³-hybridized carbons (Fsp3) is 0.462. The molecule has 0 saturated carbocycles. The van der Waals surface area contributed by atoms with Crippen LogP contribution in [0.25, 0.3) is 0 Å². The number of para-hydroxylation sites is 1. The zero-order valence-corrected chi connectivity index (χ0v) is 20.9. The molecule has 1 amide bonds. The second kappa shape index (κ2) is 13.9. The molecule has 0 unspecified atom stereocenters. The van der Waals surface area contributed by atoms with Crippen LogP contribution in [0.3, 0.4) is 0 Å². The predicted molar refractivity (Wildman–Crippen MR) is 130 cm³/mol. The Morgan fingerprint density at radius 1 is 1.06 bits per heavy atom. The van der Waals surface area contributed by atoms with Crippen LogP contribution in [0, 0.1) is 0 Å². The molecule has 0 spiro atoms. The van der Waals surface area contributed by atoms with Gasteiger partial charge in [-0.3, -0.25) is 9.59 Å². The second-order valence-electron chi connectivity index (χ2n) is 8.09. The summed E-state index contributed by atoms with van der Waals surface area (Å²) in [6.07, 6.45) is 3.98. The molecule has 0 saturated heterocycles. The van der Waals surface area contributed by atoms with E-state index in [4.69, 9.17) is 18.9 Å². The summed E-state index contributed by atoms with van der Waals surface area (Å²) in [5, 5.41) is 2.56. The number of nitrogens with one attached hydrogen (secondary N) is 1. The number of nitrogens with zero attached hydrogens (tertiary/aromatic N) is 1. The first kappa shape index (κ1) is 27.6. The summed E-state index contributed by atoms with van der Waals surface area (Å²) in [5.74, 6) is -1.23. The molecule has 0 radical (unpaired) electrons. The molecule has 1 aromatic carbocycles. The lowest BCUT2D eigenvalue weighted by Crippen LogP contribution is -2.43. The fourth-order valence-corrected chi connectivity index (χ4v) is 3.35. The van der Waals surface area contributed by atoms with Crippen LogP contribution < -0.4 is 19.5 Å². The molecule has 0 aliphatic heterocycles. The van der Waals surface area contributed by atoms with Crippen molar-refractivity contribution in [2.24, 2.45) is 0 Å². The second-order valence-corrected chi connectivity index (χ2v) is 8.09. The van der Waals surface area contributed by atoms with Crippen molar-refractivity contribution >= 4 is 17.8 Å². The van der Waals surface area contributed by atoms with E-state index in [1.165, 1.54) is 33.2 Å². The van der Waals surface area contributed by atoms with E-state index >= 15 is 0 Å². The van der Waals surface area contributed by atoms with E-state index in [-0.39, 0.29) is 17.2 Å². The van der Waals surface area contributed by atoms with Gasteiger partial charge in [-0.2, -0.15) is 0 Å². The molecule has 0 aliphatic carbocycles. The van der Waals surface area contributed by atoms with Gasteiger partial charge in [0.2, 0.25) is 5.75 Å². The summed E-state index contributed by atoms with van der Waals surface area (Å²) in [5.41, 5.74) is -0.181. The Morgan fingerprint density at radius 3 is 2.40 bits per heavy atom. The fourth-order valence-electron chi connectivity index (χ4n) is 3.35. The van der Waals surface area contributed by atoms with E-state index in [1.54, 1.807) is 0 Å². The molecule has 190 valence electrons. The smallest absolute Gasteiger partial charge is 0.328 e. The van der Waals surface area contributed by atoms with Gasteiger partial charge in [-0.15, -0.1) is 0 Å². The zero-order chi connectivity index (χ0) is 25.8. The minimum atomic E-state index is -0.988. The molecule has 0 fully saturated rings. The van der Waals surface area contributed by atoms with Gasteiger partial charge in [-0.1, -0.05) is 38.0 Å². The van der Waals surface area contributed by atoms with E-state index in [9.17, 15) is 14.4 Å². The molecule has 0 aliphatic rings. The summed E-state index contributed by atoms with van der Waals surface area (Å²) < 4.78 is 22.0. The first-order valence-electron chi connectivity index (χ1n) is 11.7. The average molecular weight is 487 g/mol. The molecule has 35 heavy (non-hydrogen) atoms. The summed E-state index contributed by atoms with van der Waals surface area (Å²) in [7, 11) is 1.38. The van der Waals surface area contributed by atoms with E-state index in [1.807, 2.05) is 37.3 Å². The van der Waals surface area contributed by atoms with E-state index in [0.717, 1.165) is 19.3 Å². The number of hydrogen-bond acceptors (Lipinski definition) is 8. The molecule has 2 aromatic rings. The number of aromatic nitrogens is 1. The average Bonchev–Trinajstić information content (AvgIpc) is 2.83. The maximum atomic E-state index is 12.9. The third-order valence-electron chi connectivity index (χ3n) is 5.20. The van der Waals surface area contributed by atoms with Crippen LogP contribution in [0.5, 0.6) is 17.2 Å². The predicted octanol–water partition coefficient (Wildman–Crippen LogP) is 4.09. The monoisotopic (exact) mass is 486 g/mol. The number of carbonyl (C=O) groups excluding carboxylic acids is 3. The van der Waals surface area contributed by atoms with Gasteiger partial charge in [-0.05, 0) is 38.8 Å². The highest BCUT2D eigenvalue weighted by Gasteiger charge is 2.28. The van der Waals surface area contributed by atoms with Gasteiger partial charge in [0, 0.05) is 19.2 Å². The number of unbranched alkanes of at least 4 members (excludes halogenated alkanes) is 2. The highest BCUT2D eigenvalue weighted by atomic mass is 16.6. The Hall–Kier alpha value is -3.62. The minimum Gasteiger partial charge on any atom is -0.493 e. The molecule has 3 atom stereocenters. The highest BCUT2D eigenvalue weighted by Crippen LogP contribution is 2.29. The number of benzene rings is 1. The Kier molecular flexibility index (Phi) is 11.0. The summed E-state index contributed by atoms with van der Waals surface area (Å²) in [6.45, 7) is 6.66. The maximum absolute atomic E-state index is 12.9. The van der Waals surface area contributed by atoms with Crippen LogP contribution in [0.4, 0.5) is 0 Å². The number of hydrogen-bond donors (Lipinski definition) is 1. The van der Waals surface area contributed by atoms with Crippen molar-refractivity contribution in [3.8, 4) is 17.2 Å². The van der Waals surface area contributed by atoms with E-state index < -0.39 is 36.1 Å². The van der Waals surface area contributed by atoms with Crippen LogP contribution in [-0.2, 0) is 14.3 Å². The lowest BCUT2D eigenvalue weighted by molar-refractivity contribution is -0.156. The summed E-state index contributed by atoms with van der Waals surface area (Å²) in [4.78, 5) is 41.2. The van der Waals surface area contributed by atoms with Crippen LogP contribution in [0.2, 0.25) is 0 Å². The van der Waals surface area contributed by atoms with Crippen molar-refractivity contribution in [2.75, 3.05) is 7.11 Å². The van der Waals surface area contributed by atoms with E-state index in [0.29, 0.717) is 12.2 Å². The molecule has 1 N–H and O–H groups in total. The quantitative estimate of drug-likeness (QED) is 0.333. The normalized spacial score (nSPS) is 13.2. The molecular formula is C26H34N2O7. The number of methoxy groups -OCH3 is 1.